The van der Waals surface area contributed by atoms with Gasteiger partial charge in [-0.05, 0) is 25.0 Å². The number of alkyl halides is 3. The highest BCUT2D eigenvalue weighted by Gasteiger charge is 2.68. The molecule has 0 saturated heterocycles. The molecule has 158 valence electrons. The number of hydrogen-bond acceptors (Lipinski definition) is 4. The standard InChI is InChI=1S/C21H20F3N3O3/c22-21(23,24)20(26-18(28)16-12-7-13-30-16)19(29)27(15-10-5-2-6-11-15)17(25-20)14-8-3-1-4-9-14/h1,3-4,7-9,12-13,15H,2,5-6,10-11H2,(H,26,28)/t20-/m0/s1. The molecular weight excluding hydrogens is 399 g/mol. The van der Waals surface area contributed by atoms with Crippen molar-refractivity contribution in [2.75, 3.05) is 0 Å². The van der Waals surface area contributed by atoms with E-state index in [1.165, 1.54) is 18.4 Å². The Bertz CT molecular complexity index is 951. The number of hydrogen-bond donors (Lipinski definition) is 1. The molecule has 30 heavy (non-hydrogen) atoms. The molecule has 1 fully saturated rings. The van der Waals surface area contributed by atoms with Crippen molar-refractivity contribution in [3.8, 4) is 0 Å². The average Bonchev–Trinajstić information content (AvgIpc) is 3.37. The number of carbonyl (C=O) groups is 2. The summed E-state index contributed by atoms with van der Waals surface area (Å²) in [6, 6.07) is 10.4. The monoisotopic (exact) mass is 419 g/mol. The molecule has 2 heterocycles. The van der Waals surface area contributed by atoms with E-state index in [1.54, 1.807) is 30.3 Å². The molecule has 0 spiro atoms. The first-order valence-electron chi connectivity index (χ1n) is 9.75. The fraction of sp³-hybridized carbons (Fsp3) is 0.381. The molecule has 0 radical (unpaired) electrons. The average molecular weight is 419 g/mol. The van der Waals surface area contributed by atoms with Gasteiger partial charge in [0.25, 0.3) is 11.8 Å². The second-order valence-electron chi connectivity index (χ2n) is 7.41. The summed E-state index contributed by atoms with van der Waals surface area (Å²) >= 11 is 0. The van der Waals surface area contributed by atoms with Crippen LogP contribution in [0.3, 0.4) is 0 Å². The second-order valence-corrected chi connectivity index (χ2v) is 7.41. The largest absolute Gasteiger partial charge is 0.459 e. The van der Waals surface area contributed by atoms with Crippen LogP contribution in [0, 0.1) is 0 Å². The Kier molecular flexibility index (Phi) is 5.13. The van der Waals surface area contributed by atoms with Gasteiger partial charge in [0.1, 0.15) is 5.84 Å². The van der Waals surface area contributed by atoms with Gasteiger partial charge < -0.3 is 9.73 Å². The number of benzene rings is 1. The van der Waals surface area contributed by atoms with E-state index in [-0.39, 0.29) is 11.6 Å². The molecule has 2 aromatic rings. The normalized spacial score (nSPS) is 22.8. The Morgan fingerprint density at radius 3 is 2.40 bits per heavy atom. The topological polar surface area (TPSA) is 74.9 Å². The van der Waals surface area contributed by atoms with Gasteiger partial charge in [-0.2, -0.15) is 13.2 Å². The van der Waals surface area contributed by atoms with Gasteiger partial charge in [0, 0.05) is 11.6 Å². The van der Waals surface area contributed by atoms with E-state index in [0.717, 1.165) is 24.2 Å². The van der Waals surface area contributed by atoms with Crippen LogP contribution in [0.15, 0.2) is 58.1 Å². The lowest BCUT2D eigenvalue weighted by Gasteiger charge is -2.34. The smallest absolute Gasteiger partial charge is 0.442 e. The van der Waals surface area contributed by atoms with Gasteiger partial charge in [0.15, 0.2) is 5.76 Å². The van der Waals surface area contributed by atoms with Gasteiger partial charge in [-0.15, -0.1) is 0 Å². The maximum Gasteiger partial charge on any atom is 0.442 e. The number of nitrogens with zero attached hydrogens (tertiary/aromatic N) is 2. The maximum atomic E-state index is 14.3. The molecule has 1 saturated carbocycles. The molecule has 4 rings (SSSR count). The van der Waals surface area contributed by atoms with Crippen molar-refractivity contribution >= 4 is 17.6 Å². The molecule has 0 bridgehead atoms. The van der Waals surface area contributed by atoms with Gasteiger partial charge in [0.2, 0.25) is 0 Å². The fourth-order valence-electron chi connectivity index (χ4n) is 3.97. The summed E-state index contributed by atoms with van der Waals surface area (Å²) in [5, 5.41) is 1.82. The Morgan fingerprint density at radius 1 is 1.10 bits per heavy atom. The number of aliphatic imine (C=N–C) groups is 1. The summed E-state index contributed by atoms with van der Waals surface area (Å²) in [5.74, 6) is -2.86. The molecule has 9 heteroatoms. The van der Waals surface area contributed by atoms with Crippen LogP contribution >= 0.6 is 0 Å². The first-order chi connectivity index (χ1) is 14.3. The third-order valence-corrected chi connectivity index (χ3v) is 5.45. The van der Waals surface area contributed by atoms with E-state index in [2.05, 4.69) is 4.99 Å². The van der Waals surface area contributed by atoms with E-state index < -0.39 is 29.7 Å². The first-order valence-corrected chi connectivity index (χ1v) is 9.75. The van der Waals surface area contributed by atoms with Crippen molar-refractivity contribution in [2.45, 2.75) is 50.0 Å². The summed E-state index contributed by atoms with van der Waals surface area (Å²) in [6.07, 6.45) is -0.220. The highest BCUT2D eigenvalue weighted by atomic mass is 19.4. The van der Waals surface area contributed by atoms with Crippen LogP contribution in [0.4, 0.5) is 13.2 Å². The van der Waals surface area contributed by atoms with Crippen LogP contribution in [-0.2, 0) is 4.79 Å². The molecule has 2 aliphatic rings. The number of amides is 2. The SMILES string of the molecule is O=C(N[C@@]1(C(F)(F)F)N=C(c2ccccc2)N(C2CCCCC2)C1=O)c1ccco1. The van der Waals surface area contributed by atoms with Gasteiger partial charge in [-0.25, -0.2) is 4.99 Å². The van der Waals surface area contributed by atoms with Crippen LogP contribution in [0.5, 0.6) is 0 Å². The van der Waals surface area contributed by atoms with Crippen molar-refractivity contribution in [3.05, 3.63) is 60.1 Å². The van der Waals surface area contributed by atoms with Crippen LogP contribution in [-0.4, -0.2) is 40.4 Å². The van der Waals surface area contributed by atoms with Crippen LogP contribution < -0.4 is 5.32 Å². The number of rotatable bonds is 4. The molecule has 1 aliphatic carbocycles. The molecule has 1 N–H and O–H groups in total. The third-order valence-electron chi connectivity index (χ3n) is 5.45. The molecule has 1 aliphatic heterocycles. The fourth-order valence-corrected chi connectivity index (χ4v) is 3.97. The van der Waals surface area contributed by atoms with Crippen LogP contribution in [0.1, 0.15) is 48.2 Å². The second kappa shape index (κ2) is 7.62. The van der Waals surface area contributed by atoms with Gasteiger partial charge in [-0.1, -0.05) is 49.6 Å². The molecule has 0 unspecified atom stereocenters. The van der Waals surface area contributed by atoms with Crippen molar-refractivity contribution in [3.63, 3.8) is 0 Å². The summed E-state index contributed by atoms with van der Waals surface area (Å²) in [4.78, 5) is 30.7. The number of amidine groups is 1. The van der Waals surface area contributed by atoms with Crippen LogP contribution in [0.25, 0.3) is 0 Å². The van der Waals surface area contributed by atoms with E-state index in [0.29, 0.717) is 18.4 Å². The quantitative estimate of drug-likeness (QED) is 0.817. The minimum Gasteiger partial charge on any atom is -0.459 e. The van der Waals surface area contributed by atoms with E-state index in [1.807, 2.05) is 5.32 Å². The minimum atomic E-state index is -5.14. The maximum absolute atomic E-state index is 14.3. The molecular formula is C21H20F3N3O3. The summed E-state index contributed by atoms with van der Waals surface area (Å²) < 4.78 is 47.8. The number of carbonyl (C=O) groups excluding carboxylic acids is 2. The highest BCUT2D eigenvalue weighted by molar-refractivity contribution is 6.17. The zero-order valence-electron chi connectivity index (χ0n) is 16.0. The number of halogens is 3. The molecule has 1 aromatic carbocycles. The van der Waals surface area contributed by atoms with Crippen LogP contribution in [0.2, 0.25) is 0 Å². The lowest BCUT2D eigenvalue weighted by Crippen LogP contribution is -2.64. The Balaban J connectivity index is 1.81. The lowest BCUT2D eigenvalue weighted by molar-refractivity contribution is -0.197. The molecule has 2 amide bonds. The Morgan fingerprint density at radius 2 is 1.80 bits per heavy atom. The molecule has 1 atom stereocenters. The summed E-state index contributed by atoms with van der Waals surface area (Å²) in [5.41, 5.74) is -3.02. The lowest BCUT2D eigenvalue weighted by atomic mass is 9.93. The Hall–Kier alpha value is -3.10. The molecule has 6 nitrogen and oxygen atoms in total. The third kappa shape index (κ3) is 3.38. The van der Waals surface area contributed by atoms with Gasteiger partial charge in [-0.3, -0.25) is 14.5 Å². The van der Waals surface area contributed by atoms with Crippen molar-refractivity contribution in [1.82, 2.24) is 10.2 Å². The van der Waals surface area contributed by atoms with Gasteiger partial charge >= 0.3 is 11.8 Å². The number of furan rings is 1. The number of nitrogens with one attached hydrogen (secondary N) is 1. The van der Waals surface area contributed by atoms with E-state index >= 15 is 0 Å². The predicted molar refractivity (Wildman–Crippen MR) is 102 cm³/mol. The highest BCUT2D eigenvalue weighted by Crippen LogP contribution is 2.41. The molecule has 1 aromatic heterocycles. The minimum absolute atomic E-state index is 0.0791. The van der Waals surface area contributed by atoms with Crippen molar-refractivity contribution in [1.29, 1.82) is 0 Å². The predicted octanol–water partition coefficient (Wildman–Crippen LogP) is 3.89. The van der Waals surface area contributed by atoms with Crippen molar-refractivity contribution < 1.29 is 27.2 Å². The Labute approximate surface area is 170 Å². The van der Waals surface area contributed by atoms with Gasteiger partial charge in [0.05, 0.1) is 6.26 Å². The van der Waals surface area contributed by atoms with E-state index in [4.69, 9.17) is 4.42 Å². The van der Waals surface area contributed by atoms with E-state index in [9.17, 15) is 22.8 Å². The first kappa shape index (κ1) is 20.2. The van der Waals surface area contributed by atoms with Crippen molar-refractivity contribution in [2.24, 2.45) is 4.99 Å². The zero-order valence-corrected chi connectivity index (χ0v) is 16.0. The summed E-state index contributed by atoms with van der Waals surface area (Å²) in [7, 11) is 0. The summed E-state index contributed by atoms with van der Waals surface area (Å²) in [6.45, 7) is 0. The zero-order chi connectivity index (χ0) is 21.4.